The highest BCUT2D eigenvalue weighted by Gasteiger charge is 2.74. The van der Waals surface area contributed by atoms with Crippen molar-refractivity contribution in [3.8, 4) is 5.75 Å². The van der Waals surface area contributed by atoms with Crippen molar-refractivity contribution in [3.63, 3.8) is 0 Å². The number of carbonyl (C=O) groups excluding carboxylic acids is 2. The number of fused-ring (bicyclic) bond motifs is 6. The number of nitrogens with zero attached hydrogens (tertiary/aromatic N) is 2. The van der Waals surface area contributed by atoms with Gasteiger partial charge < -0.3 is 39.2 Å². The molecule has 42 heavy (non-hydrogen) atoms. The van der Waals surface area contributed by atoms with Crippen molar-refractivity contribution in [2.75, 3.05) is 59.5 Å². The first kappa shape index (κ1) is 29.2. The Morgan fingerprint density at radius 1 is 1.00 bits per heavy atom. The van der Waals surface area contributed by atoms with Gasteiger partial charge in [0, 0.05) is 38.2 Å². The van der Waals surface area contributed by atoms with E-state index in [1.165, 1.54) is 6.92 Å². The van der Waals surface area contributed by atoms with Crippen LogP contribution in [0.15, 0.2) is 34.8 Å². The third kappa shape index (κ3) is 3.66. The van der Waals surface area contributed by atoms with Crippen LogP contribution in [0.2, 0.25) is 0 Å². The maximum atomic E-state index is 13.5. The van der Waals surface area contributed by atoms with Gasteiger partial charge in [-0.3, -0.25) is 19.8 Å². The molecule has 0 radical (unpaired) electrons. The Hall–Kier alpha value is -2.87. The lowest BCUT2D eigenvalue weighted by Gasteiger charge is -2.58. The van der Waals surface area contributed by atoms with E-state index >= 15 is 0 Å². The Morgan fingerprint density at radius 3 is 2.19 bits per heavy atom. The minimum absolute atomic E-state index is 0.0119. The lowest BCUT2D eigenvalue weighted by molar-refractivity contribution is -0.195. The van der Waals surface area contributed by atoms with E-state index in [4.69, 9.17) is 30.5 Å². The number of alkyl halides is 1. The van der Waals surface area contributed by atoms with Gasteiger partial charge in [-0.15, -0.1) is 11.6 Å². The Labute approximate surface area is 248 Å². The summed E-state index contributed by atoms with van der Waals surface area (Å²) in [5.41, 5.74) is 1.99. The molecule has 0 unspecified atom stereocenters. The second-order valence-electron chi connectivity index (χ2n) is 11.9. The average molecular weight is 606 g/mol. The number of aromatic hydroxyl groups is 1. The summed E-state index contributed by atoms with van der Waals surface area (Å²) in [4.78, 5) is 27.2. The van der Waals surface area contributed by atoms with Crippen LogP contribution in [0, 0.1) is 11.8 Å². The van der Waals surface area contributed by atoms with Crippen LogP contribution in [-0.2, 0) is 40.7 Å². The molecule has 0 aromatic heterocycles. The van der Waals surface area contributed by atoms with Gasteiger partial charge in [-0.1, -0.05) is 0 Å². The Balaban J connectivity index is 1.66. The molecular weight excluding hydrogens is 570 g/mol. The van der Waals surface area contributed by atoms with Gasteiger partial charge in [-0.05, 0) is 50.6 Å². The number of hydrogen-bond donors (Lipinski definition) is 4. The molecule has 4 atom stereocenters. The summed E-state index contributed by atoms with van der Waals surface area (Å²) in [5.74, 6) is -7.34. The molecule has 0 saturated carbocycles. The number of ether oxygens (including phenoxy) is 4. The number of carbonyl (C=O) groups is 2. The van der Waals surface area contributed by atoms with Crippen LogP contribution in [0.25, 0.3) is 0 Å². The largest absolute Gasteiger partial charge is 0.510 e. The van der Waals surface area contributed by atoms with Crippen molar-refractivity contribution >= 4 is 29.1 Å². The predicted molar refractivity (Wildman–Crippen MR) is 150 cm³/mol. The topological polar surface area (TPSA) is 150 Å². The number of phenolic OH excluding ortho intramolecular Hbond substituents is 1. The number of aliphatic hydroxyl groups is 2. The molecule has 228 valence electrons. The van der Waals surface area contributed by atoms with E-state index in [0.717, 1.165) is 11.3 Å². The van der Waals surface area contributed by atoms with Crippen molar-refractivity contribution < 1.29 is 43.9 Å². The molecule has 5 aliphatic rings. The SMILES string of the molecule is CC(=O)NC(=O)C1=C(O)[C@@H](N(C)C)[C@@H]2C[C@@H]3Cc4c(N(C)C)ccc(O)c4C4(OCCO4)C3=C(O)[C@]2(Cl)C12OCCO2. The van der Waals surface area contributed by atoms with E-state index in [-0.39, 0.29) is 49.3 Å². The summed E-state index contributed by atoms with van der Waals surface area (Å²) in [5, 5.41) is 37.6. The van der Waals surface area contributed by atoms with Gasteiger partial charge >= 0.3 is 0 Å². The highest BCUT2D eigenvalue weighted by Crippen LogP contribution is 2.65. The average Bonchev–Trinajstić information content (AvgIpc) is 3.57. The van der Waals surface area contributed by atoms with E-state index < -0.39 is 46.1 Å². The molecule has 2 spiro atoms. The molecule has 2 fully saturated rings. The summed E-state index contributed by atoms with van der Waals surface area (Å²) in [6.07, 6.45) is 0.716. The summed E-state index contributed by atoms with van der Waals surface area (Å²) in [6.45, 7) is 1.58. The van der Waals surface area contributed by atoms with E-state index in [1.54, 1.807) is 25.1 Å². The number of imide groups is 1. The number of amides is 2. The van der Waals surface area contributed by atoms with Crippen LogP contribution in [0.3, 0.4) is 0 Å². The van der Waals surface area contributed by atoms with Gasteiger partial charge in [-0.25, -0.2) is 0 Å². The second-order valence-corrected chi connectivity index (χ2v) is 12.5. The van der Waals surface area contributed by atoms with Crippen molar-refractivity contribution in [3.05, 3.63) is 45.9 Å². The summed E-state index contributed by atoms with van der Waals surface area (Å²) in [6, 6.07) is 2.53. The molecule has 2 aliphatic heterocycles. The minimum atomic E-state index is -2.15. The number of benzene rings is 1. The van der Waals surface area contributed by atoms with Crippen LogP contribution in [0.1, 0.15) is 24.5 Å². The third-order valence-electron chi connectivity index (χ3n) is 9.13. The molecule has 2 heterocycles. The van der Waals surface area contributed by atoms with Gasteiger partial charge in [0.2, 0.25) is 17.5 Å². The molecule has 0 bridgehead atoms. The van der Waals surface area contributed by atoms with Crippen LogP contribution in [0.5, 0.6) is 5.75 Å². The van der Waals surface area contributed by atoms with Crippen molar-refractivity contribution in [1.29, 1.82) is 0 Å². The molecule has 6 rings (SSSR count). The monoisotopic (exact) mass is 605 g/mol. The van der Waals surface area contributed by atoms with Gasteiger partial charge in [0.05, 0.1) is 38.0 Å². The Morgan fingerprint density at radius 2 is 1.62 bits per heavy atom. The third-order valence-corrected chi connectivity index (χ3v) is 9.83. The second kappa shape index (κ2) is 9.83. The van der Waals surface area contributed by atoms with Crippen molar-refractivity contribution in [2.24, 2.45) is 11.8 Å². The molecule has 13 heteroatoms. The number of rotatable bonds is 3. The van der Waals surface area contributed by atoms with Crippen molar-refractivity contribution in [1.82, 2.24) is 10.2 Å². The maximum Gasteiger partial charge on any atom is 0.262 e. The van der Waals surface area contributed by atoms with Gasteiger partial charge in [0.25, 0.3) is 5.91 Å². The molecule has 2 saturated heterocycles. The molecule has 1 aromatic rings. The predicted octanol–water partition coefficient (Wildman–Crippen LogP) is 1.80. The number of nitrogens with one attached hydrogen (secondary N) is 1. The van der Waals surface area contributed by atoms with Crippen LogP contribution < -0.4 is 10.2 Å². The number of anilines is 1. The van der Waals surface area contributed by atoms with E-state index in [1.807, 2.05) is 25.1 Å². The fourth-order valence-electron chi connectivity index (χ4n) is 7.77. The minimum Gasteiger partial charge on any atom is -0.510 e. The van der Waals surface area contributed by atoms with Crippen LogP contribution in [-0.4, -0.2) is 103 Å². The van der Waals surface area contributed by atoms with E-state index in [2.05, 4.69) is 5.32 Å². The van der Waals surface area contributed by atoms with Crippen LogP contribution in [0.4, 0.5) is 5.69 Å². The summed E-state index contributed by atoms with van der Waals surface area (Å²) < 4.78 is 24.9. The Kier molecular flexibility index (Phi) is 6.84. The summed E-state index contributed by atoms with van der Waals surface area (Å²) >= 11 is 7.62. The molecule has 12 nitrogen and oxygen atoms in total. The number of hydrogen-bond acceptors (Lipinski definition) is 11. The first-order chi connectivity index (χ1) is 19.8. The zero-order chi connectivity index (χ0) is 30.4. The zero-order valence-electron chi connectivity index (χ0n) is 24.2. The lowest BCUT2D eigenvalue weighted by atomic mass is 9.57. The first-order valence-electron chi connectivity index (χ1n) is 13.9. The van der Waals surface area contributed by atoms with Crippen molar-refractivity contribution in [2.45, 2.75) is 42.3 Å². The number of likely N-dealkylation sites (N-methyl/N-ethyl adjacent to an activating group) is 1. The van der Waals surface area contributed by atoms with E-state index in [9.17, 15) is 24.9 Å². The highest BCUT2D eigenvalue weighted by atomic mass is 35.5. The number of halogens is 1. The van der Waals surface area contributed by atoms with Gasteiger partial charge in [-0.2, -0.15) is 0 Å². The highest BCUT2D eigenvalue weighted by molar-refractivity contribution is 6.28. The molecule has 2 amide bonds. The lowest BCUT2D eigenvalue weighted by Crippen LogP contribution is -2.70. The zero-order valence-corrected chi connectivity index (χ0v) is 24.9. The molecule has 4 N–H and O–H groups in total. The maximum absolute atomic E-state index is 13.5. The fraction of sp³-hybridized carbons (Fsp3) is 0.586. The standard InChI is InChI=1S/C29H36ClN3O9/c1-14(34)31-26(38)22-24(36)23(33(4)5)17-13-15-12-16-18(32(2)3)6-7-19(35)21(16)28(39-8-9-40-28)20(15)25(37)27(17,30)29(22)41-10-11-42-29/h6-7,15,17,23,35-37H,8-13H2,1-5H3,(H,31,34,38)/t15-,17-,23-,27-/m0/s1. The van der Waals surface area contributed by atoms with E-state index in [0.29, 0.717) is 24.0 Å². The summed E-state index contributed by atoms with van der Waals surface area (Å²) in [7, 11) is 7.27. The quantitative estimate of drug-likeness (QED) is 0.374. The first-order valence-corrected chi connectivity index (χ1v) is 14.3. The van der Waals surface area contributed by atoms with Gasteiger partial charge in [0.15, 0.2) is 4.87 Å². The molecule has 3 aliphatic carbocycles. The molecular formula is C29H36ClN3O9. The normalized spacial score (nSPS) is 30.9. The smallest absolute Gasteiger partial charge is 0.262 e. The number of phenols is 1. The fourth-order valence-corrected chi connectivity index (χ4v) is 8.28. The van der Waals surface area contributed by atoms with Crippen LogP contribution >= 0.6 is 11.6 Å². The van der Waals surface area contributed by atoms with Gasteiger partial charge in [0.1, 0.15) is 22.8 Å². The number of aliphatic hydroxyl groups excluding tert-OH is 2. The molecule has 1 aromatic carbocycles. The Bertz CT molecular complexity index is 1410.